The maximum atomic E-state index is 14.0. The van der Waals surface area contributed by atoms with Crippen LogP contribution in [0.15, 0.2) is 65.6 Å². The molecule has 4 nitrogen and oxygen atoms in total. The molecule has 0 aromatic heterocycles. The molecule has 1 fully saturated rings. The average molecular weight is 405 g/mol. The third kappa shape index (κ3) is 3.29. The molecule has 3 aromatic carbocycles. The highest BCUT2D eigenvalue weighted by Gasteiger charge is 2.30. The number of halogens is 2. The van der Waals surface area contributed by atoms with Gasteiger partial charge in [0.15, 0.2) is 0 Å². The van der Waals surface area contributed by atoms with Crippen molar-refractivity contribution in [3.8, 4) is 0 Å². The molecule has 140 valence electrons. The van der Waals surface area contributed by atoms with E-state index in [1.165, 1.54) is 10.4 Å². The Kier molecular flexibility index (Phi) is 4.80. The fourth-order valence-corrected chi connectivity index (χ4v) is 5.49. The van der Waals surface area contributed by atoms with Crippen LogP contribution in [0.3, 0.4) is 0 Å². The first-order valence-corrected chi connectivity index (χ1v) is 10.5. The van der Waals surface area contributed by atoms with Gasteiger partial charge in [-0.25, -0.2) is 12.8 Å². The van der Waals surface area contributed by atoms with E-state index in [0.717, 1.165) is 5.39 Å². The number of hydrogen-bond acceptors (Lipinski definition) is 3. The summed E-state index contributed by atoms with van der Waals surface area (Å²) in [6.45, 7) is 1.44. The highest BCUT2D eigenvalue weighted by molar-refractivity contribution is 7.89. The van der Waals surface area contributed by atoms with Gasteiger partial charge >= 0.3 is 0 Å². The van der Waals surface area contributed by atoms with E-state index in [-0.39, 0.29) is 23.8 Å². The number of anilines is 1. The summed E-state index contributed by atoms with van der Waals surface area (Å²) in [5, 5.41) is 1.74. The Balaban J connectivity index is 1.63. The molecule has 0 saturated carbocycles. The Morgan fingerprint density at radius 1 is 0.852 bits per heavy atom. The SMILES string of the molecule is O=S(=O)(c1cccc2cccc(Cl)c12)N1CCN(c2ccccc2F)CC1. The standard InChI is InChI=1S/C20H18ClFN2O2S/c21-16-7-3-5-15-6-4-10-19(20(15)16)27(25,26)24-13-11-23(12-14-24)18-9-2-1-8-17(18)22/h1-10H,11-14H2. The van der Waals surface area contributed by atoms with Crippen molar-refractivity contribution in [2.45, 2.75) is 4.90 Å². The van der Waals surface area contributed by atoms with Gasteiger partial charge in [0.25, 0.3) is 0 Å². The first kappa shape index (κ1) is 18.2. The van der Waals surface area contributed by atoms with Crippen molar-refractivity contribution in [3.05, 3.63) is 71.5 Å². The van der Waals surface area contributed by atoms with Gasteiger partial charge in [-0.05, 0) is 29.7 Å². The smallest absolute Gasteiger partial charge is 0.243 e. The Morgan fingerprint density at radius 2 is 1.52 bits per heavy atom. The molecule has 0 N–H and O–H groups in total. The quantitative estimate of drug-likeness (QED) is 0.658. The lowest BCUT2D eigenvalue weighted by molar-refractivity contribution is 0.383. The van der Waals surface area contributed by atoms with Crippen molar-refractivity contribution in [1.29, 1.82) is 0 Å². The van der Waals surface area contributed by atoms with E-state index in [1.54, 1.807) is 42.5 Å². The summed E-state index contributed by atoms with van der Waals surface area (Å²) >= 11 is 6.29. The van der Waals surface area contributed by atoms with Gasteiger partial charge in [-0.15, -0.1) is 0 Å². The first-order valence-electron chi connectivity index (χ1n) is 8.65. The van der Waals surface area contributed by atoms with Crippen LogP contribution in [0, 0.1) is 5.82 Å². The Labute approximate surface area is 162 Å². The Morgan fingerprint density at radius 3 is 2.22 bits per heavy atom. The summed E-state index contributed by atoms with van der Waals surface area (Å²) in [4.78, 5) is 2.09. The summed E-state index contributed by atoms with van der Waals surface area (Å²) in [5.41, 5.74) is 0.503. The van der Waals surface area contributed by atoms with Crippen molar-refractivity contribution in [2.24, 2.45) is 0 Å². The second kappa shape index (κ2) is 7.11. The lowest BCUT2D eigenvalue weighted by atomic mass is 10.1. The van der Waals surface area contributed by atoms with E-state index in [0.29, 0.717) is 29.2 Å². The van der Waals surface area contributed by atoms with Crippen molar-refractivity contribution in [1.82, 2.24) is 4.31 Å². The van der Waals surface area contributed by atoms with E-state index in [1.807, 2.05) is 17.0 Å². The van der Waals surface area contributed by atoms with Crippen LogP contribution in [0.5, 0.6) is 0 Å². The fraction of sp³-hybridized carbons (Fsp3) is 0.200. The monoisotopic (exact) mass is 404 g/mol. The summed E-state index contributed by atoms with van der Waals surface area (Å²) in [7, 11) is -3.70. The second-order valence-electron chi connectivity index (χ2n) is 6.44. The third-order valence-corrected chi connectivity index (χ3v) is 7.12. The predicted molar refractivity (Wildman–Crippen MR) is 106 cm³/mol. The predicted octanol–water partition coefficient (Wildman–Crippen LogP) is 4.14. The number of para-hydroxylation sites is 1. The fourth-order valence-electron chi connectivity index (χ4n) is 3.49. The van der Waals surface area contributed by atoms with Crippen molar-refractivity contribution >= 4 is 38.1 Å². The molecule has 0 spiro atoms. The second-order valence-corrected chi connectivity index (χ2v) is 8.75. The minimum absolute atomic E-state index is 0.213. The van der Waals surface area contributed by atoms with Gasteiger partial charge < -0.3 is 4.90 Å². The summed E-state index contributed by atoms with van der Waals surface area (Å²) in [6.07, 6.45) is 0. The van der Waals surface area contributed by atoms with Crippen molar-refractivity contribution < 1.29 is 12.8 Å². The minimum Gasteiger partial charge on any atom is -0.367 e. The number of benzene rings is 3. The molecule has 27 heavy (non-hydrogen) atoms. The van der Waals surface area contributed by atoms with Crippen LogP contribution in [0.25, 0.3) is 10.8 Å². The Bertz CT molecular complexity index is 1090. The number of sulfonamides is 1. The largest absolute Gasteiger partial charge is 0.367 e. The average Bonchev–Trinajstić information content (AvgIpc) is 2.68. The highest BCUT2D eigenvalue weighted by Crippen LogP contribution is 2.32. The van der Waals surface area contributed by atoms with E-state index in [4.69, 9.17) is 11.6 Å². The van der Waals surface area contributed by atoms with Crippen LogP contribution in [0.4, 0.5) is 10.1 Å². The van der Waals surface area contributed by atoms with Gasteiger partial charge in [0.2, 0.25) is 10.0 Å². The van der Waals surface area contributed by atoms with Gasteiger partial charge in [-0.3, -0.25) is 0 Å². The summed E-state index contributed by atoms with van der Waals surface area (Å²) in [5.74, 6) is -0.297. The molecule has 0 radical (unpaired) electrons. The van der Waals surface area contributed by atoms with E-state index in [2.05, 4.69) is 0 Å². The van der Waals surface area contributed by atoms with E-state index >= 15 is 0 Å². The molecule has 0 amide bonds. The Hall–Kier alpha value is -2.15. The number of hydrogen-bond donors (Lipinski definition) is 0. The van der Waals surface area contributed by atoms with Gasteiger partial charge in [-0.2, -0.15) is 4.31 Å². The normalized spacial score (nSPS) is 16.0. The molecule has 1 heterocycles. The molecule has 3 aromatic rings. The molecule has 0 unspecified atom stereocenters. The zero-order valence-electron chi connectivity index (χ0n) is 14.5. The number of fused-ring (bicyclic) bond motifs is 1. The molecule has 1 saturated heterocycles. The molecule has 7 heteroatoms. The summed E-state index contributed by atoms with van der Waals surface area (Å²) in [6, 6.07) is 17.0. The van der Waals surface area contributed by atoms with Gasteiger partial charge in [0.1, 0.15) is 5.82 Å². The summed E-state index contributed by atoms with van der Waals surface area (Å²) < 4.78 is 41.9. The lowest BCUT2D eigenvalue weighted by Gasteiger charge is -2.35. The van der Waals surface area contributed by atoms with Crippen LogP contribution in [0.1, 0.15) is 0 Å². The molecule has 1 aliphatic heterocycles. The molecular weight excluding hydrogens is 387 g/mol. The van der Waals surface area contributed by atoms with Gasteiger partial charge in [0, 0.05) is 36.6 Å². The maximum absolute atomic E-state index is 14.0. The molecule has 4 rings (SSSR count). The zero-order valence-corrected chi connectivity index (χ0v) is 16.0. The molecule has 0 aliphatic carbocycles. The molecular formula is C20H18ClFN2O2S. The number of rotatable bonds is 3. The number of piperazine rings is 1. The lowest BCUT2D eigenvalue weighted by Crippen LogP contribution is -2.48. The van der Waals surface area contributed by atoms with Crippen molar-refractivity contribution in [2.75, 3.05) is 31.1 Å². The van der Waals surface area contributed by atoms with Crippen LogP contribution < -0.4 is 4.90 Å². The zero-order chi connectivity index (χ0) is 19.0. The van der Waals surface area contributed by atoms with Crippen LogP contribution in [-0.4, -0.2) is 38.9 Å². The first-order chi connectivity index (χ1) is 13.0. The minimum atomic E-state index is -3.70. The third-order valence-electron chi connectivity index (χ3n) is 4.87. The van der Waals surface area contributed by atoms with Crippen LogP contribution in [0.2, 0.25) is 5.02 Å². The van der Waals surface area contributed by atoms with Gasteiger partial charge in [0.05, 0.1) is 10.6 Å². The highest BCUT2D eigenvalue weighted by atomic mass is 35.5. The van der Waals surface area contributed by atoms with E-state index < -0.39 is 10.0 Å². The van der Waals surface area contributed by atoms with Crippen LogP contribution >= 0.6 is 11.6 Å². The molecule has 0 bridgehead atoms. The topological polar surface area (TPSA) is 40.6 Å². The van der Waals surface area contributed by atoms with Crippen molar-refractivity contribution in [3.63, 3.8) is 0 Å². The molecule has 1 aliphatic rings. The van der Waals surface area contributed by atoms with Gasteiger partial charge in [-0.1, -0.05) is 48.0 Å². The molecule has 0 atom stereocenters. The maximum Gasteiger partial charge on any atom is 0.243 e. The number of nitrogens with zero attached hydrogens (tertiary/aromatic N) is 2. The van der Waals surface area contributed by atoms with E-state index in [9.17, 15) is 12.8 Å². The van der Waals surface area contributed by atoms with Crippen LogP contribution in [-0.2, 0) is 10.0 Å².